The maximum absolute atomic E-state index is 13.3. The van der Waals surface area contributed by atoms with Crippen LogP contribution in [0.15, 0.2) is 18.2 Å². The molecule has 0 unspecified atom stereocenters. The summed E-state index contributed by atoms with van der Waals surface area (Å²) in [4.78, 5) is 3.63. The number of nitrogens with zero attached hydrogens (tertiary/aromatic N) is 3. The molecule has 1 heterocycles. The first-order chi connectivity index (χ1) is 7.58. The molecular formula is C9H9F2N5. The topological polar surface area (TPSA) is 82.7 Å². The Bertz CT molecular complexity index is 502. The Hall–Kier alpha value is -2.18. The summed E-state index contributed by atoms with van der Waals surface area (Å²) < 4.78 is 27.7. The standard InChI is InChI=1S/C9H9F2N5/c10-6-2-1-3-7(11)5(6)4-16-9(13)14-8(12)15-16/h1-3H,4H2,(H4,12,13,14,15). The Morgan fingerprint density at radius 3 is 2.31 bits per heavy atom. The van der Waals surface area contributed by atoms with Crippen molar-refractivity contribution in [3.05, 3.63) is 35.4 Å². The Labute approximate surface area is 89.7 Å². The number of aromatic nitrogens is 3. The van der Waals surface area contributed by atoms with E-state index in [-0.39, 0.29) is 24.0 Å². The zero-order chi connectivity index (χ0) is 11.7. The normalized spacial score (nSPS) is 10.6. The van der Waals surface area contributed by atoms with Crippen molar-refractivity contribution in [2.75, 3.05) is 11.5 Å². The lowest BCUT2D eigenvalue weighted by Gasteiger charge is -2.05. The Morgan fingerprint density at radius 1 is 1.19 bits per heavy atom. The Balaban J connectivity index is 2.37. The molecule has 0 spiro atoms. The zero-order valence-corrected chi connectivity index (χ0v) is 8.19. The molecule has 0 bridgehead atoms. The fraction of sp³-hybridized carbons (Fsp3) is 0.111. The largest absolute Gasteiger partial charge is 0.368 e. The molecule has 0 saturated heterocycles. The van der Waals surface area contributed by atoms with Crippen molar-refractivity contribution in [1.82, 2.24) is 14.8 Å². The summed E-state index contributed by atoms with van der Waals surface area (Å²) in [5, 5.41) is 3.71. The highest BCUT2D eigenvalue weighted by molar-refractivity contribution is 5.28. The van der Waals surface area contributed by atoms with Crippen LogP contribution in [-0.2, 0) is 6.54 Å². The van der Waals surface area contributed by atoms with E-state index in [4.69, 9.17) is 11.5 Å². The van der Waals surface area contributed by atoms with Gasteiger partial charge in [0.25, 0.3) is 0 Å². The van der Waals surface area contributed by atoms with Crippen LogP contribution in [0.4, 0.5) is 20.7 Å². The Morgan fingerprint density at radius 2 is 1.81 bits per heavy atom. The fourth-order valence-corrected chi connectivity index (χ4v) is 1.32. The average molecular weight is 225 g/mol. The molecule has 1 aromatic heterocycles. The van der Waals surface area contributed by atoms with E-state index < -0.39 is 11.6 Å². The molecule has 0 aliphatic heterocycles. The van der Waals surface area contributed by atoms with Gasteiger partial charge in [-0.1, -0.05) is 6.07 Å². The van der Waals surface area contributed by atoms with Crippen LogP contribution in [0.2, 0.25) is 0 Å². The van der Waals surface area contributed by atoms with Gasteiger partial charge in [-0.25, -0.2) is 13.5 Å². The molecule has 4 N–H and O–H groups in total. The number of hydrogen-bond donors (Lipinski definition) is 2. The van der Waals surface area contributed by atoms with E-state index in [1.54, 1.807) is 0 Å². The minimum Gasteiger partial charge on any atom is -0.368 e. The molecule has 2 rings (SSSR count). The molecule has 16 heavy (non-hydrogen) atoms. The highest BCUT2D eigenvalue weighted by atomic mass is 19.1. The molecular weight excluding hydrogens is 216 g/mol. The second kappa shape index (κ2) is 3.76. The minimum absolute atomic E-state index is 0.0140. The van der Waals surface area contributed by atoms with Crippen molar-refractivity contribution in [2.24, 2.45) is 0 Å². The van der Waals surface area contributed by atoms with Gasteiger partial charge in [0.15, 0.2) is 0 Å². The maximum Gasteiger partial charge on any atom is 0.241 e. The van der Waals surface area contributed by atoms with Gasteiger partial charge in [-0.05, 0) is 12.1 Å². The van der Waals surface area contributed by atoms with Crippen molar-refractivity contribution in [2.45, 2.75) is 6.54 Å². The summed E-state index contributed by atoms with van der Waals surface area (Å²) in [5.74, 6) is -1.34. The smallest absolute Gasteiger partial charge is 0.241 e. The van der Waals surface area contributed by atoms with Crippen LogP contribution in [0, 0.1) is 11.6 Å². The molecule has 0 saturated carbocycles. The van der Waals surface area contributed by atoms with Gasteiger partial charge in [0, 0.05) is 5.56 Å². The predicted octanol–water partition coefficient (Wildman–Crippen LogP) is 0.769. The number of halogens is 2. The zero-order valence-electron chi connectivity index (χ0n) is 8.19. The van der Waals surface area contributed by atoms with Crippen LogP contribution in [0.3, 0.4) is 0 Å². The van der Waals surface area contributed by atoms with E-state index in [9.17, 15) is 8.78 Å². The summed E-state index contributed by atoms with van der Waals surface area (Å²) in [6.07, 6.45) is 0. The maximum atomic E-state index is 13.3. The van der Waals surface area contributed by atoms with Crippen molar-refractivity contribution in [1.29, 1.82) is 0 Å². The van der Waals surface area contributed by atoms with Gasteiger partial charge in [-0.3, -0.25) is 0 Å². The third kappa shape index (κ3) is 1.79. The van der Waals surface area contributed by atoms with Gasteiger partial charge in [-0.2, -0.15) is 4.98 Å². The number of hydrogen-bond acceptors (Lipinski definition) is 4. The molecule has 0 atom stereocenters. The van der Waals surface area contributed by atoms with Gasteiger partial charge in [-0.15, -0.1) is 5.10 Å². The molecule has 0 amide bonds. The molecule has 5 nitrogen and oxygen atoms in total. The van der Waals surface area contributed by atoms with Crippen molar-refractivity contribution < 1.29 is 8.78 Å². The third-order valence-electron chi connectivity index (χ3n) is 2.09. The molecule has 7 heteroatoms. The van der Waals surface area contributed by atoms with Crippen LogP contribution < -0.4 is 11.5 Å². The molecule has 84 valence electrons. The second-order valence-electron chi connectivity index (χ2n) is 3.19. The highest BCUT2D eigenvalue weighted by Gasteiger charge is 2.12. The summed E-state index contributed by atoms with van der Waals surface area (Å²) >= 11 is 0. The van der Waals surface area contributed by atoms with Crippen LogP contribution >= 0.6 is 0 Å². The summed E-state index contributed by atoms with van der Waals surface area (Å²) in [5.41, 5.74) is 10.6. The van der Waals surface area contributed by atoms with Gasteiger partial charge in [0.2, 0.25) is 11.9 Å². The van der Waals surface area contributed by atoms with E-state index in [2.05, 4.69) is 10.1 Å². The highest BCUT2D eigenvalue weighted by Crippen LogP contribution is 2.14. The monoisotopic (exact) mass is 225 g/mol. The lowest BCUT2D eigenvalue weighted by atomic mass is 10.2. The fourth-order valence-electron chi connectivity index (χ4n) is 1.32. The van der Waals surface area contributed by atoms with E-state index in [0.717, 1.165) is 16.8 Å². The van der Waals surface area contributed by atoms with E-state index in [1.807, 2.05) is 0 Å². The van der Waals surface area contributed by atoms with Gasteiger partial charge in [0.05, 0.1) is 6.54 Å². The molecule has 0 aliphatic rings. The SMILES string of the molecule is Nc1nc(N)n(Cc2c(F)cccc2F)n1. The first-order valence-electron chi connectivity index (χ1n) is 4.46. The molecule has 1 aromatic carbocycles. The average Bonchev–Trinajstić information content (AvgIpc) is 2.51. The van der Waals surface area contributed by atoms with Crippen molar-refractivity contribution in [3.8, 4) is 0 Å². The number of anilines is 2. The molecule has 0 aliphatic carbocycles. The molecule has 0 radical (unpaired) electrons. The van der Waals surface area contributed by atoms with Crippen LogP contribution in [0.1, 0.15) is 5.56 Å². The van der Waals surface area contributed by atoms with E-state index in [0.29, 0.717) is 0 Å². The Kier molecular flexibility index (Phi) is 2.43. The van der Waals surface area contributed by atoms with Gasteiger partial charge in [0.1, 0.15) is 11.6 Å². The third-order valence-corrected chi connectivity index (χ3v) is 2.09. The van der Waals surface area contributed by atoms with Crippen LogP contribution in [-0.4, -0.2) is 14.8 Å². The van der Waals surface area contributed by atoms with Gasteiger partial charge < -0.3 is 11.5 Å². The van der Waals surface area contributed by atoms with Crippen molar-refractivity contribution >= 4 is 11.9 Å². The first-order valence-corrected chi connectivity index (χ1v) is 4.46. The number of nitrogen functional groups attached to an aromatic ring is 2. The van der Waals surface area contributed by atoms with Crippen LogP contribution in [0.25, 0.3) is 0 Å². The van der Waals surface area contributed by atoms with E-state index >= 15 is 0 Å². The lowest BCUT2D eigenvalue weighted by Crippen LogP contribution is -2.09. The number of benzene rings is 1. The number of rotatable bonds is 2. The van der Waals surface area contributed by atoms with Crippen molar-refractivity contribution in [3.63, 3.8) is 0 Å². The summed E-state index contributed by atoms with van der Waals surface area (Å²) in [6, 6.07) is 3.61. The predicted molar refractivity (Wildman–Crippen MR) is 54.3 cm³/mol. The minimum atomic E-state index is -0.659. The number of nitrogens with two attached hydrogens (primary N) is 2. The summed E-state index contributed by atoms with van der Waals surface area (Å²) in [7, 11) is 0. The summed E-state index contributed by atoms with van der Waals surface area (Å²) in [6.45, 7) is -0.144. The van der Waals surface area contributed by atoms with E-state index in [1.165, 1.54) is 6.07 Å². The quantitative estimate of drug-likeness (QED) is 0.790. The second-order valence-corrected chi connectivity index (χ2v) is 3.19. The van der Waals surface area contributed by atoms with Crippen LogP contribution in [0.5, 0.6) is 0 Å². The molecule has 0 fully saturated rings. The lowest BCUT2D eigenvalue weighted by molar-refractivity contribution is 0.535. The van der Waals surface area contributed by atoms with Gasteiger partial charge >= 0.3 is 0 Å². The molecule has 2 aromatic rings. The first kappa shape index (κ1) is 10.3.